The van der Waals surface area contributed by atoms with Crippen molar-refractivity contribution in [1.29, 1.82) is 0 Å². The third kappa shape index (κ3) is 4.16. The van der Waals surface area contributed by atoms with Gasteiger partial charge in [0.1, 0.15) is 11.3 Å². The van der Waals surface area contributed by atoms with Crippen LogP contribution in [0.1, 0.15) is 12.5 Å². The van der Waals surface area contributed by atoms with E-state index < -0.39 is 17.8 Å². The van der Waals surface area contributed by atoms with Crippen LogP contribution in [-0.4, -0.2) is 45.8 Å². The summed E-state index contributed by atoms with van der Waals surface area (Å²) < 4.78 is 21.4. The lowest BCUT2D eigenvalue weighted by atomic mass is 10.1. The Balaban J connectivity index is 2.08. The van der Waals surface area contributed by atoms with E-state index in [2.05, 4.69) is 5.32 Å². The fraction of sp³-hybridized carbons (Fsp3) is 0.227. The molecule has 1 fully saturated rings. The van der Waals surface area contributed by atoms with Crippen LogP contribution in [-0.2, 0) is 9.59 Å². The lowest BCUT2D eigenvalue weighted by Crippen LogP contribution is -2.54. The highest BCUT2D eigenvalue weighted by Gasteiger charge is 2.38. The van der Waals surface area contributed by atoms with Crippen molar-refractivity contribution in [2.45, 2.75) is 6.92 Å². The first kappa shape index (κ1) is 21.7. The molecule has 4 amide bonds. The average Bonchev–Trinajstić information content (AvgIpc) is 2.77. The van der Waals surface area contributed by atoms with E-state index in [-0.39, 0.29) is 11.3 Å². The number of barbiturate groups is 1. The molecule has 0 unspecified atom stereocenters. The molecule has 1 saturated heterocycles. The molecule has 0 atom stereocenters. The number of nitrogens with zero attached hydrogens (tertiary/aromatic N) is 1. The van der Waals surface area contributed by atoms with Crippen LogP contribution < -0.4 is 29.2 Å². The topological polar surface area (TPSA) is 103 Å². The number of para-hydroxylation sites is 2. The van der Waals surface area contributed by atoms with Gasteiger partial charge in [-0.3, -0.25) is 14.9 Å². The summed E-state index contributed by atoms with van der Waals surface area (Å²) in [4.78, 5) is 39.0. The number of amides is 4. The number of nitrogens with one attached hydrogen (secondary N) is 1. The number of ether oxygens (including phenoxy) is 4. The summed E-state index contributed by atoms with van der Waals surface area (Å²) >= 11 is 0. The van der Waals surface area contributed by atoms with Gasteiger partial charge in [-0.05, 0) is 42.8 Å². The molecule has 1 aliphatic rings. The molecule has 2 aromatic rings. The number of carbonyl (C=O) groups excluding carboxylic acids is 3. The first-order valence-electron chi connectivity index (χ1n) is 9.38. The van der Waals surface area contributed by atoms with Crippen LogP contribution >= 0.6 is 0 Å². The second-order valence-electron chi connectivity index (χ2n) is 6.32. The van der Waals surface area contributed by atoms with Crippen molar-refractivity contribution in [3.63, 3.8) is 0 Å². The number of benzene rings is 2. The van der Waals surface area contributed by atoms with Crippen LogP contribution in [0, 0.1) is 0 Å². The molecular weight excluding hydrogens is 404 g/mol. The maximum absolute atomic E-state index is 13.2. The molecule has 0 spiro atoms. The SMILES string of the molecule is CCOc1ccccc1N1C(=O)NC(=O)/C(=C\c2cc(OC)c(OC)c(OC)c2)C1=O. The first-order chi connectivity index (χ1) is 14.9. The zero-order valence-corrected chi connectivity index (χ0v) is 17.6. The van der Waals surface area contributed by atoms with Gasteiger partial charge in [0, 0.05) is 0 Å². The van der Waals surface area contributed by atoms with E-state index in [0.29, 0.717) is 35.2 Å². The fourth-order valence-corrected chi connectivity index (χ4v) is 3.15. The number of hydrogen-bond acceptors (Lipinski definition) is 7. The van der Waals surface area contributed by atoms with Gasteiger partial charge in [-0.15, -0.1) is 0 Å². The van der Waals surface area contributed by atoms with Crippen LogP contribution in [0.25, 0.3) is 6.08 Å². The lowest BCUT2D eigenvalue weighted by molar-refractivity contribution is -0.122. The maximum Gasteiger partial charge on any atom is 0.336 e. The molecule has 31 heavy (non-hydrogen) atoms. The minimum Gasteiger partial charge on any atom is -0.493 e. The van der Waals surface area contributed by atoms with Crippen molar-refractivity contribution in [1.82, 2.24) is 5.32 Å². The van der Waals surface area contributed by atoms with Gasteiger partial charge in [0.25, 0.3) is 11.8 Å². The predicted molar refractivity (Wildman–Crippen MR) is 113 cm³/mol. The Morgan fingerprint density at radius 2 is 1.58 bits per heavy atom. The van der Waals surface area contributed by atoms with Gasteiger partial charge in [0.05, 0.1) is 33.6 Å². The second kappa shape index (κ2) is 9.21. The monoisotopic (exact) mass is 426 g/mol. The maximum atomic E-state index is 13.2. The van der Waals surface area contributed by atoms with Gasteiger partial charge < -0.3 is 18.9 Å². The van der Waals surface area contributed by atoms with E-state index >= 15 is 0 Å². The standard InChI is InChI=1S/C22H22N2O7/c1-5-31-16-9-7-6-8-15(16)24-21(26)14(20(25)23-22(24)27)10-13-11-17(28-2)19(30-4)18(12-13)29-3/h6-12H,5H2,1-4H3,(H,23,25,27)/b14-10+. The fourth-order valence-electron chi connectivity index (χ4n) is 3.15. The minimum absolute atomic E-state index is 0.232. The van der Waals surface area contributed by atoms with E-state index in [9.17, 15) is 14.4 Å². The molecule has 0 aromatic heterocycles. The van der Waals surface area contributed by atoms with E-state index in [1.165, 1.54) is 27.4 Å². The number of imide groups is 2. The third-order valence-corrected chi connectivity index (χ3v) is 4.51. The van der Waals surface area contributed by atoms with Crippen LogP contribution in [0.3, 0.4) is 0 Å². The third-order valence-electron chi connectivity index (χ3n) is 4.51. The van der Waals surface area contributed by atoms with Gasteiger partial charge in [-0.1, -0.05) is 12.1 Å². The summed E-state index contributed by atoms with van der Waals surface area (Å²) in [6, 6.07) is 8.90. The van der Waals surface area contributed by atoms with Crippen molar-refractivity contribution >= 4 is 29.6 Å². The normalized spacial score (nSPS) is 15.0. The molecule has 0 radical (unpaired) electrons. The molecule has 162 valence electrons. The summed E-state index contributed by atoms with van der Waals surface area (Å²) in [5.41, 5.74) is 0.440. The Labute approximate surface area is 179 Å². The Morgan fingerprint density at radius 1 is 0.935 bits per heavy atom. The van der Waals surface area contributed by atoms with Gasteiger partial charge >= 0.3 is 6.03 Å². The van der Waals surface area contributed by atoms with E-state index in [1.807, 2.05) is 0 Å². The summed E-state index contributed by atoms with van der Waals surface area (Å²) in [7, 11) is 4.38. The smallest absolute Gasteiger partial charge is 0.336 e. The number of rotatable bonds is 7. The summed E-state index contributed by atoms with van der Waals surface area (Å²) in [6.07, 6.45) is 1.35. The molecular formula is C22H22N2O7. The summed E-state index contributed by atoms with van der Waals surface area (Å²) in [5, 5.41) is 2.19. The van der Waals surface area contributed by atoms with Crippen LogP contribution in [0.4, 0.5) is 10.5 Å². The van der Waals surface area contributed by atoms with Crippen LogP contribution in [0.5, 0.6) is 23.0 Å². The zero-order valence-electron chi connectivity index (χ0n) is 17.6. The summed E-state index contributed by atoms with van der Waals surface area (Å²) in [6.45, 7) is 2.13. The van der Waals surface area contributed by atoms with E-state index in [4.69, 9.17) is 18.9 Å². The number of hydrogen-bond donors (Lipinski definition) is 1. The minimum atomic E-state index is -0.857. The largest absolute Gasteiger partial charge is 0.493 e. The zero-order chi connectivity index (χ0) is 22.5. The molecule has 0 aliphatic carbocycles. The molecule has 1 aliphatic heterocycles. The molecule has 0 bridgehead atoms. The predicted octanol–water partition coefficient (Wildman–Crippen LogP) is 2.78. The van der Waals surface area contributed by atoms with Gasteiger partial charge in [0.15, 0.2) is 11.5 Å². The highest BCUT2D eigenvalue weighted by atomic mass is 16.5. The summed E-state index contributed by atoms with van der Waals surface area (Å²) in [5.74, 6) is -0.175. The van der Waals surface area contributed by atoms with Gasteiger partial charge in [-0.25, -0.2) is 9.69 Å². The van der Waals surface area contributed by atoms with Gasteiger partial charge in [0.2, 0.25) is 5.75 Å². The molecule has 1 N–H and O–H groups in total. The highest BCUT2D eigenvalue weighted by Crippen LogP contribution is 2.39. The Morgan fingerprint density at radius 3 is 2.16 bits per heavy atom. The van der Waals surface area contributed by atoms with Crippen molar-refractivity contribution in [3.8, 4) is 23.0 Å². The van der Waals surface area contributed by atoms with Crippen molar-refractivity contribution in [2.75, 3.05) is 32.8 Å². The molecule has 0 saturated carbocycles. The molecule has 9 heteroatoms. The number of methoxy groups -OCH3 is 3. The van der Waals surface area contributed by atoms with Crippen LogP contribution in [0.2, 0.25) is 0 Å². The number of urea groups is 1. The van der Waals surface area contributed by atoms with Crippen LogP contribution in [0.15, 0.2) is 42.0 Å². The second-order valence-corrected chi connectivity index (χ2v) is 6.32. The number of anilines is 1. The van der Waals surface area contributed by atoms with Crippen molar-refractivity contribution in [2.24, 2.45) is 0 Å². The van der Waals surface area contributed by atoms with E-state index in [0.717, 1.165) is 4.90 Å². The van der Waals surface area contributed by atoms with E-state index in [1.54, 1.807) is 43.3 Å². The molecule has 2 aromatic carbocycles. The Bertz CT molecular complexity index is 1040. The molecule has 9 nitrogen and oxygen atoms in total. The quantitative estimate of drug-likeness (QED) is 0.536. The number of carbonyl (C=O) groups is 3. The highest BCUT2D eigenvalue weighted by molar-refractivity contribution is 6.39. The van der Waals surface area contributed by atoms with Crippen molar-refractivity contribution < 1.29 is 33.3 Å². The van der Waals surface area contributed by atoms with Crippen molar-refractivity contribution in [3.05, 3.63) is 47.5 Å². The Kier molecular flexibility index (Phi) is 6.44. The van der Waals surface area contributed by atoms with Gasteiger partial charge in [-0.2, -0.15) is 0 Å². The first-order valence-corrected chi connectivity index (χ1v) is 9.38. The molecule has 3 rings (SSSR count). The lowest BCUT2D eigenvalue weighted by Gasteiger charge is -2.27. The Hall–Kier alpha value is -4.01. The average molecular weight is 426 g/mol. The molecule has 1 heterocycles.